The van der Waals surface area contributed by atoms with Crippen LogP contribution in [0.2, 0.25) is 5.02 Å². The van der Waals surface area contributed by atoms with Crippen molar-refractivity contribution >= 4 is 33.2 Å². The molecular formula is C18H19ClN2O5S. The standard InChI is InChI=1S/C18H19ClN2O5S/c1-25-15-6-4-3-5-12(15)10-20-18(22)17-11-21(27(2,23)24)14-9-13(19)7-8-16(14)26-17/h3-9,17H,10-11H2,1-2H3,(H,20,22). The van der Waals surface area contributed by atoms with Gasteiger partial charge < -0.3 is 14.8 Å². The molecule has 1 heterocycles. The molecule has 1 unspecified atom stereocenters. The first-order valence-corrected chi connectivity index (χ1v) is 10.4. The van der Waals surface area contributed by atoms with Gasteiger partial charge in [-0.05, 0) is 24.3 Å². The molecule has 1 atom stereocenters. The highest BCUT2D eigenvalue weighted by Crippen LogP contribution is 2.37. The van der Waals surface area contributed by atoms with Crippen molar-refractivity contribution in [3.63, 3.8) is 0 Å². The maximum Gasteiger partial charge on any atom is 0.263 e. The fraction of sp³-hybridized carbons (Fsp3) is 0.278. The summed E-state index contributed by atoms with van der Waals surface area (Å²) in [7, 11) is -2.05. The van der Waals surface area contributed by atoms with Crippen LogP contribution in [0.4, 0.5) is 5.69 Å². The van der Waals surface area contributed by atoms with E-state index >= 15 is 0 Å². The summed E-state index contributed by atoms with van der Waals surface area (Å²) in [6, 6.07) is 11.9. The number of ether oxygens (including phenoxy) is 2. The predicted octanol–water partition coefficient (Wildman–Crippen LogP) is 2.19. The summed E-state index contributed by atoms with van der Waals surface area (Å²) in [5.74, 6) is 0.517. The zero-order valence-electron chi connectivity index (χ0n) is 14.8. The van der Waals surface area contributed by atoms with Crippen LogP contribution < -0.4 is 19.1 Å². The first kappa shape index (κ1) is 19.3. The summed E-state index contributed by atoms with van der Waals surface area (Å²) in [6.45, 7) is 0.0962. The number of carbonyl (C=O) groups is 1. The van der Waals surface area contributed by atoms with Crippen molar-refractivity contribution in [1.29, 1.82) is 0 Å². The maximum atomic E-state index is 12.6. The number of amides is 1. The summed E-state index contributed by atoms with van der Waals surface area (Å²) in [6.07, 6.45) is 0.0930. The number of benzene rings is 2. The van der Waals surface area contributed by atoms with Gasteiger partial charge >= 0.3 is 0 Å². The van der Waals surface area contributed by atoms with E-state index in [9.17, 15) is 13.2 Å². The fourth-order valence-corrected chi connectivity index (χ4v) is 3.89. The van der Waals surface area contributed by atoms with Gasteiger partial charge in [-0.2, -0.15) is 0 Å². The molecule has 0 saturated carbocycles. The van der Waals surface area contributed by atoms with Crippen molar-refractivity contribution in [3.05, 3.63) is 53.1 Å². The third kappa shape index (κ3) is 4.28. The van der Waals surface area contributed by atoms with Crippen LogP contribution in [0.25, 0.3) is 0 Å². The minimum absolute atomic E-state index is 0.135. The molecule has 0 bridgehead atoms. The largest absolute Gasteiger partial charge is 0.496 e. The average Bonchev–Trinajstić information content (AvgIpc) is 2.64. The molecule has 1 amide bonds. The smallest absolute Gasteiger partial charge is 0.263 e. The van der Waals surface area contributed by atoms with Gasteiger partial charge in [0.15, 0.2) is 6.10 Å². The number of nitrogens with zero attached hydrogens (tertiary/aromatic N) is 1. The molecule has 2 aromatic carbocycles. The van der Waals surface area contributed by atoms with Crippen molar-refractivity contribution in [2.24, 2.45) is 0 Å². The Morgan fingerprint density at radius 3 is 2.78 bits per heavy atom. The molecule has 1 N–H and O–H groups in total. The Labute approximate surface area is 162 Å². The van der Waals surface area contributed by atoms with Gasteiger partial charge in [0.2, 0.25) is 10.0 Å². The number of sulfonamides is 1. The molecule has 7 nitrogen and oxygen atoms in total. The highest BCUT2D eigenvalue weighted by atomic mass is 35.5. The first-order chi connectivity index (χ1) is 12.8. The van der Waals surface area contributed by atoms with E-state index in [-0.39, 0.29) is 18.8 Å². The van der Waals surface area contributed by atoms with Crippen LogP contribution in [0.15, 0.2) is 42.5 Å². The first-order valence-electron chi connectivity index (χ1n) is 8.13. The predicted molar refractivity (Wildman–Crippen MR) is 103 cm³/mol. The molecule has 0 spiro atoms. The molecule has 0 saturated heterocycles. The Morgan fingerprint density at radius 1 is 1.33 bits per heavy atom. The Kier molecular flexibility index (Phi) is 5.48. The lowest BCUT2D eigenvalue weighted by atomic mass is 10.2. The fourth-order valence-electron chi connectivity index (χ4n) is 2.82. The van der Waals surface area contributed by atoms with Crippen molar-refractivity contribution in [1.82, 2.24) is 5.32 Å². The molecular weight excluding hydrogens is 392 g/mol. The van der Waals surface area contributed by atoms with Gasteiger partial charge in [-0.15, -0.1) is 0 Å². The van der Waals surface area contributed by atoms with Gasteiger partial charge in [0.05, 0.1) is 25.6 Å². The Hall–Kier alpha value is -2.45. The van der Waals surface area contributed by atoms with Crippen molar-refractivity contribution < 1.29 is 22.7 Å². The second kappa shape index (κ2) is 7.66. The lowest BCUT2D eigenvalue weighted by Gasteiger charge is -2.34. The third-order valence-corrected chi connectivity index (χ3v) is 5.51. The van der Waals surface area contributed by atoms with E-state index in [2.05, 4.69) is 5.32 Å². The molecule has 27 heavy (non-hydrogen) atoms. The van der Waals surface area contributed by atoms with Crippen LogP contribution in [0.3, 0.4) is 0 Å². The number of hydrogen-bond acceptors (Lipinski definition) is 5. The quantitative estimate of drug-likeness (QED) is 0.816. The second-order valence-corrected chi connectivity index (χ2v) is 8.39. The summed E-state index contributed by atoms with van der Waals surface area (Å²) in [5, 5.41) is 3.15. The highest BCUT2D eigenvalue weighted by molar-refractivity contribution is 7.92. The lowest BCUT2D eigenvalue weighted by Crippen LogP contribution is -2.50. The van der Waals surface area contributed by atoms with E-state index in [0.717, 1.165) is 16.1 Å². The zero-order chi connectivity index (χ0) is 19.6. The van der Waals surface area contributed by atoms with E-state index < -0.39 is 22.0 Å². The SMILES string of the molecule is COc1ccccc1CNC(=O)C1CN(S(C)(=O)=O)c2cc(Cl)ccc2O1. The molecule has 0 aliphatic carbocycles. The molecule has 1 aliphatic rings. The Morgan fingerprint density at radius 2 is 2.07 bits per heavy atom. The maximum absolute atomic E-state index is 12.6. The van der Waals surface area contributed by atoms with Crippen molar-refractivity contribution in [3.8, 4) is 11.5 Å². The van der Waals surface area contributed by atoms with E-state index in [4.69, 9.17) is 21.1 Å². The number of nitrogens with one attached hydrogen (secondary N) is 1. The van der Waals surface area contributed by atoms with Gasteiger partial charge in [0, 0.05) is 17.1 Å². The van der Waals surface area contributed by atoms with Gasteiger partial charge in [0.25, 0.3) is 5.91 Å². The molecule has 3 rings (SSSR count). The molecule has 0 fully saturated rings. The van der Waals surface area contributed by atoms with Crippen LogP contribution in [-0.4, -0.2) is 40.3 Å². The van der Waals surface area contributed by atoms with Crippen LogP contribution >= 0.6 is 11.6 Å². The number of anilines is 1. The summed E-state index contributed by atoms with van der Waals surface area (Å²) in [5.41, 5.74) is 1.12. The van der Waals surface area contributed by atoms with Crippen molar-refractivity contribution in [2.45, 2.75) is 12.6 Å². The molecule has 2 aromatic rings. The monoisotopic (exact) mass is 410 g/mol. The summed E-state index contributed by atoms with van der Waals surface area (Å²) < 4.78 is 36.4. The number of carbonyl (C=O) groups excluding carboxylic acids is 1. The average molecular weight is 411 g/mol. The normalized spacial score (nSPS) is 16.3. The summed E-state index contributed by atoms with van der Waals surface area (Å²) in [4.78, 5) is 12.6. The van der Waals surface area contributed by atoms with Crippen molar-refractivity contribution in [2.75, 3.05) is 24.2 Å². The van der Waals surface area contributed by atoms with Gasteiger partial charge in [-0.1, -0.05) is 29.8 Å². The number of methoxy groups -OCH3 is 1. The van der Waals surface area contributed by atoms with Gasteiger partial charge in [0.1, 0.15) is 11.5 Å². The number of halogens is 1. The van der Waals surface area contributed by atoms with Crippen LogP contribution in [0, 0.1) is 0 Å². The van der Waals surface area contributed by atoms with E-state index in [1.54, 1.807) is 25.3 Å². The molecule has 9 heteroatoms. The Bertz CT molecular complexity index is 964. The number of rotatable bonds is 5. The van der Waals surface area contributed by atoms with Gasteiger partial charge in [-0.25, -0.2) is 8.42 Å². The minimum atomic E-state index is -3.61. The number of para-hydroxylation sites is 1. The molecule has 1 aliphatic heterocycles. The van der Waals surface area contributed by atoms with Crippen LogP contribution in [0.5, 0.6) is 11.5 Å². The van der Waals surface area contributed by atoms with Gasteiger partial charge in [-0.3, -0.25) is 9.10 Å². The highest BCUT2D eigenvalue weighted by Gasteiger charge is 2.35. The topological polar surface area (TPSA) is 84.9 Å². The number of hydrogen-bond donors (Lipinski definition) is 1. The molecule has 0 aromatic heterocycles. The van der Waals surface area contributed by atoms with Crippen LogP contribution in [0.1, 0.15) is 5.56 Å². The summed E-state index contributed by atoms with van der Waals surface area (Å²) >= 11 is 5.97. The minimum Gasteiger partial charge on any atom is -0.496 e. The lowest BCUT2D eigenvalue weighted by molar-refractivity contribution is -0.127. The van der Waals surface area contributed by atoms with E-state index in [1.807, 2.05) is 18.2 Å². The third-order valence-electron chi connectivity index (χ3n) is 4.13. The molecule has 144 valence electrons. The van der Waals surface area contributed by atoms with E-state index in [1.165, 1.54) is 6.07 Å². The zero-order valence-corrected chi connectivity index (χ0v) is 16.4. The van der Waals surface area contributed by atoms with Crippen LogP contribution in [-0.2, 0) is 21.4 Å². The Balaban J connectivity index is 1.79. The molecule has 0 radical (unpaired) electrons. The number of fused-ring (bicyclic) bond motifs is 1. The van der Waals surface area contributed by atoms with E-state index in [0.29, 0.717) is 16.5 Å². The second-order valence-electron chi connectivity index (χ2n) is 6.04.